The van der Waals surface area contributed by atoms with E-state index < -0.39 is 0 Å². The average Bonchev–Trinajstić information content (AvgIpc) is 2.74. The van der Waals surface area contributed by atoms with Gasteiger partial charge in [0, 0.05) is 17.7 Å². The van der Waals surface area contributed by atoms with Crippen LogP contribution in [0.4, 0.5) is 0 Å². The molecular formula is C28H31NO2. The van der Waals surface area contributed by atoms with Gasteiger partial charge < -0.3 is 14.4 Å². The first-order chi connectivity index (χ1) is 14.9. The molecule has 0 saturated carbocycles. The molecule has 1 heterocycles. The van der Waals surface area contributed by atoms with Crippen LogP contribution in [-0.2, 0) is 0 Å². The molecule has 0 aliphatic carbocycles. The highest BCUT2D eigenvalue weighted by Gasteiger charge is 2.29. The predicted molar refractivity (Wildman–Crippen MR) is 129 cm³/mol. The van der Waals surface area contributed by atoms with Crippen LogP contribution >= 0.6 is 0 Å². The van der Waals surface area contributed by atoms with Gasteiger partial charge in [-0.25, -0.2) is 0 Å². The van der Waals surface area contributed by atoms with Crippen molar-refractivity contribution in [3.63, 3.8) is 0 Å². The lowest BCUT2D eigenvalue weighted by Gasteiger charge is -2.31. The number of hydrogen-bond acceptors (Lipinski definition) is 3. The van der Waals surface area contributed by atoms with Gasteiger partial charge in [0.25, 0.3) is 0 Å². The molecule has 0 saturated heterocycles. The van der Waals surface area contributed by atoms with Gasteiger partial charge in [0.15, 0.2) is 0 Å². The minimum Gasteiger partial charge on any atom is -0.492 e. The Hall–Kier alpha value is -3.04. The summed E-state index contributed by atoms with van der Waals surface area (Å²) in [6.07, 6.45) is -0.159. The molecule has 0 radical (unpaired) electrons. The molecule has 1 unspecified atom stereocenters. The maximum Gasteiger partial charge on any atom is 0.150 e. The zero-order valence-electron chi connectivity index (χ0n) is 19.1. The van der Waals surface area contributed by atoms with E-state index in [1.165, 1.54) is 33.4 Å². The second kappa shape index (κ2) is 8.99. The summed E-state index contributed by atoms with van der Waals surface area (Å²) < 4.78 is 12.5. The van der Waals surface area contributed by atoms with Crippen LogP contribution in [0, 0.1) is 13.8 Å². The van der Waals surface area contributed by atoms with E-state index in [1.807, 2.05) is 26.2 Å². The molecule has 1 aliphatic rings. The lowest BCUT2D eigenvalue weighted by molar-refractivity contribution is 0.256. The van der Waals surface area contributed by atoms with Gasteiger partial charge in [-0.1, -0.05) is 54.1 Å². The van der Waals surface area contributed by atoms with Gasteiger partial charge in [-0.2, -0.15) is 0 Å². The first-order valence-corrected chi connectivity index (χ1v) is 10.9. The Bertz CT molecular complexity index is 1080. The number of nitrogens with zero attached hydrogens (tertiary/aromatic N) is 1. The fraction of sp³-hybridized carbons (Fsp3) is 0.286. The van der Waals surface area contributed by atoms with Gasteiger partial charge in [0.2, 0.25) is 0 Å². The summed E-state index contributed by atoms with van der Waals surface area (Å²) in [5.41, 5.74) is 8.44. The van der Waals surface area contributed by atoms with Crippen molar-refractivity contribution >= 4 is 11.1 Å². The van der Waals surface area contributed by atoms with Gasteiger partial charge >= 0.3 is 0 Å². The van der Waals surface area contributed by atoms with Crippen LogP contribution in [0.3, 0.4) is 0 Å². The second-order valence-electron chi connectivity index (χ2n) is 8.62. The summed E-state index contributed by atoms with van der Waals surface area (Å²) in [4.78, 5) is 2.12. The third-order valence-corrected chi connectivity index (χ3v) is 5.80. The fourth-order valence-electron chi connectivity index (χ4n) is 3.99. The van der Waals surface area contributed by atoms with E-state index in [1.54, 1.807) is 0 Å². The molecule has 1 atom stereocenters. The largest absolute Gasteiger partial charge is 0.492 e. The number of hydrogen-bond donors (Lipinski definition) is 0. The molecule has 0 N–H and O–H groups in total. The van der Waals surface area contributed by atoms with Crippen molar-refractivity contribution in [2.45, 2.75) is 26.9 Å². The van der Waals surface area contributed by atoms with Gasteiger partial charge in [-0.3, -0.25) is 0 Å². The number of ether oxygens (including phenoxy) is 2. The molecule has 0 spiro atoms. The molecule has 0 amide bonds. The molecule has 3 aromatic carbocycles. The Morgan fingerprint density at radius 1 is 0.839 bits per heavy atom. The van der Waals surface area contributed by atoms with Crippen LogP contribution in [0.2, 0.25) is 0 Å². The Morgan fingerprint density at radius 2 is 1.52 bits per heavy atom. The third-order valence-electron chi connectivity index (χ3n) is 5.80. The number of fused-ring (bicyclic) bond motifs is 1. The lowest BCUT2D eigenvalue weighted by Crippen LogP contribution is -2.19. The smallest absolute Gasteiger partial charge is 0.150 e. The van der Waals surface area contributed by atoms with Crippen LogP contribution in [-0.4, -0.2) is 32.1 Å². The molecule has 4 rings (SSSR count). The minimum absolute atomic E-state index is 0.159. The lowest BCUT2D eigenvalue weighted by atomic mass is 9.85. The van der Waals surface area contributed by atoms with Crippen molar-refractivity contribution in [1.29, 1.82) is 0 Å². The monoisotopic (exact) mass is 413 g/mol. The number of allylic oxidation sites excluding steroid dienone is 1. The topological polar surface area (TPSA) is 21.7 Å². The van der Waals surface area contributed by atoms with Gasteiger partial charge in [-0.15, -0.1) is 0 Å². The molecule has 3 nitrogen and oxygen atoms in total. The first kappa shape index (κ1) is 21.2. The summed E-state index contributed by atoms with van der Waals surface area (Å²) in [7, 11) is 4.10. The molecule has 3 heteroatoms. The van der Waals surface area contributed by atoms with E-state index in [0.29, 0.717) is 6.61 Å². The molecule has 0 aromatic heterocycles. The number of rotatable bonds is 6. The van der Waals surface area contributed by atoms with Crippen molar-refractivity contribution in [2.75, 3.05) is 27.2 Å². The summed E-state index contributed by atoms with van der Waals surface area (Å²) in [6.45, 7) is 7.99. The summed E-state index contributed by atoms with van der Waals surface area (Å²) in [5, 5.41) is 0. The van der Waals surface area contributed by atoms with E-state index in [2.05, 4.69) is 80.3 Å². The van der Waals surface area contributed by atoms with E-state index in [9.17, 15) is 0 Å². The standard InChI is InChI=1S/C28H31NO2/c1-19-6-9-22(10-7-19)27-21(3)25-15-8-20(2)18-26(25)31-28(27)23-11-13-24(14-12-23)30-17-16-29(4)5/h6-15,18,28H,16-17H2,1-5H3. The maximum atomic E-state index is 6.61. The summed E-state index contributed by atoms with van der Waals surface area (Å²) in [6, 6.07) is 23.5. The van der Waals surface area contributed by atoms with Crippen molar-refractivity contribution in [2.24, 2.45) is 0 Å². The highest BCUT2D eigenvalue weighted by Crippen LogP contribution is 2.46. The highest BCUT2D eigenvalue weighted by molar-refractivity contribution is 5.95. The molecular weight excluding hydrogens is 382 g/mol. The molecule has 31 heavy (non-hydrogen) atoms. The summed E-state index contributed by atoms with van der Waals surface area (Å²) in [5.74, 6) is 1.83. The van der Waals surface area contributed by atoms with Crippen molar-refractivity contribution in [3.8, 4) is 11.5 Å². The Balaban J connectivity index is 1.71. The molecule has 160 valence electrons. The van der Waals surface area contributed by atoms with Crippen LogP contribution in [0.15, 0.2) is 66.7 Å². The first-order valence-electron chi connectivity index (χ1n) is 10.9. The predicted octanol–water partition coefficient (Wildman–Crippen LogP) is 6.31. The normalized spacial score (nSPS) is 15.6. The number of likely N-dealkylation sites (N-methyl/N-ethyl adjacent to an activating group) is 1. The van der Waals surface area contributed by atoms with Crippen LogP contribution in [0.1, 0.15) is 40.8 Å². The van der Waals surface area contributed by atoms with Gasteiger partial charge in [-0.05, 0) is 75.3 Å². The van der Waals surface area contributed by atoms with Crippen LogP contribution in [0.5, 0.6) is 11.5 Å². The minimum atomic E-state index is -0.159. The molecule has 0 bridgehead atoms. The molecule has 0 fully saturated rings. The van der Waals surface area contributed by atoms with Gasteiger partial charge in [0.05, 0.1) is 0 Å². The molecule has 3 aromatic rings. The zero-order chi connectivity index (χ0) is 22.0. The Kier molecular flexibility index (Phi) is 6.15. The highest BCUT2D eigenvalue weighted by atomic mass is 16.5. The Labute approximate surface area is 185 Å². The zero-order valence-corrected chi connectivity index (χ0v) is 19.1. The van der Waals surface area contributed by atoms with Crippen molar-refractivity contribution in [3.05, 3.63) is 94.5 Å². The summed E-state index contributed by atoms with van der Waals surface area (Å²) >= 11 is 0. The second-order valence-corrected chi connectivity index (χ2v) is 8.62. The van der Waals surface area contributed by atoms with E-state index in [-0.39, 0.29) is 6.10 Å². The maximum absolute atomic E-state index is 6.61. The van der Waals surface area contributed by atoms with Crippen LogP contribution < -0.4 is 9.47 Å². The Morgan fingerprint density at radius 3 is 2.19 bits per heavy atom. The average molecular weight is 414 g/mol. The fourth-order valence-corrected chi connectivity index (χ4v) is 3.99. The van der Waals surface area contributed by atoms with Crippen molar-refractivity contribution < 1.29 is 9.47 Å². The quantitative estimate of drug-likeness (QED) is 0.473. The number of aryl methyl sites for hydroxylation is 2. The van der Waals surface area contributed by atoms with Gasteiger partial charge in [0.1, 0.15) is 24.2 Å². The number of benzene rings is 3. The van der Waals surface area contributed by atoms with Crippen molar-refractivity contribution in [1.82, 2.24) is 4.90 Å². The van der Waals surface area contributed by atoms with E-state index in [0.717, 1.165) is 23.6 Å². The van der Waals surface area contributed by atoms with E-state index in [4.69, 9.17) is 9.47 Å². The third kappa shape index (κ3) is 4.67. The van der Waals surface area contributed by atoms with E-state index >= 15 is 0 Å². The SMILES string of the molecule is CC1=C(c2ccc(C)cc2)C(c2ccc(OCCN(C)C)cc2)Oc2cc(C)ccc21. The molecule has 1 aliphatic heterocycles. The van der Waals surface area contributed by atoms with Crippen LogP contribution in [0.25, 0.3) is 11.1 Å².